The number of anilines is 1. The third kappa shape index (κ3) is 1.74. The van der Waals surface area contributed by atoms with Crippen molar-refractivity contribution in [2.24, 2.45) is 11.8 Å². The Morgan fingerprint density at radius 2 is 1.96 bits per heavy atom. The summed E-state index contributed by atoms with van der Waals surface area (Å²) < 4.78 is 6.73. The van der Waals surface area contributed by atoms with Gasteiger partial charge in [0.2, 0.25) is 11.8 Å². The molecular formula is C17H16BrNO4. The Balaban J connectivity index is 1.81. The summed E-state index contributed by atoms with van der Waals surface area (Å²) in [5, 5.41) is 9.78. The van der Waals surface area contributed by atoms with Crippen LogP contribution in [-0.4, -0.2) is 34.7 Å². The summed E-state index contributed by atoms with van der Waals surface area (Å²) in [5.41, 5.74) is -0.348. The van der Waals surface area contributed by atoms with Gasteiger partial charge in [-0.25, -0.2) is 4.90 Å². The summed E-state index contributed by atoms with van der Waals surface area (Å²) in [4.78, 5) is 27.1. The van der Waals surface area contributed by atoms with Crippen molar-refractivity contribution >= 4 is 33.4 Å². The molecule has 2 amide bonds. The fraction of sp³-hybridized carbons (Fsp3) is 0.412. The van der Waals surface area contributed by atoms with E-state index in [0.717, 1.165) is 10.0 Å². The largest absolute Gasteiger partial charge is 0.393 e. The average Bonchev–Trinajstić information content (AvgIpc) is 3.09. The van der Waals surface area contributed by atoms with Gasteiger partial charge < -0.3 is 9.84 Å². The fourth-order valence-corrected chi connectivity index (χ4v) is 4.38. The van der Waals surface area contributed by atoms with E-state index in [1.54, 1.807) is 31.2 Å². The molecule has 2 fully saturated rings. The Hall–Kier alpha value is -1.50. The van der Waals surface area contributed by atoms with E-state index in [4.69, 9.17) is 4.74 Å². The van der Waals surface area contributed by atoms with Gasteiger partial charge in [-0.05, 0) is 31.5 Å². The lowest BCUT2D eigenvalue weighted by Crippen LogP contribution is -2.43. The highest BCUT2D eigenvalue weighted by molar-refractivity contribution is 9.10. The molecule has 1 aromatic rings. The summed E-state index contributed by atoms with van der Waals surface area (Å²) >= 11 is 3.44. The van der Waals surface area contributed by atoms with Crippen LogP contribution >= 0.6 is 15.9 Å². The second-order valence-electron chi connectivity index (χ2n) is 6.63. The van der Waals surface area contributed by atoms with Crippen LogP contribution in [0.25, 0.3) is 0 Å². The molecule has 120 valence electrons. The second kappa shape index (κ2) is 4.53. The van der Waals surface area contributed by atoms with Gasteiger partial charge >= 0.3 is 0 Å². The zero-order valence-electron chi connectivity index (χ0n) is 12.7. The van der Waals surface area contributed by atoms with Crippen LogP contribution < -0.4 is 4.90 Å². The molecule has 2 saturated heterocycles. The van der Waals surface area contributed by atoms with Crippen molar-refractivity contribution in [1.29, 1.82) is 0 Å². The van der Waals surface area contributed by atoms with E-state index in [0.29, 0.717) is 5.69 Å². The first-order valence-corrected chi connectivity index (χ1v) is 8.28. The maximum absolute atomic E-state index is 13.0. The average molecular weight is 378 g/mol. The number of halogens is 1. The zero-order chi connectivity index (χ0) is 16.6. The Labute approximate surface area is 142 Å². The number of benzene rings is 1. The Kier molecular flexibility index (Phi) is 2.96. The van der Waals surface area contributed by atoms with E-state index in [9.17, 15) is 14.7 Å². The number of carbonyl (C=O) groups is 2. The monoisotopic (exact) mass is 377 g/mol. The topological polar surface area (TPSA) is 66.8 Å². The number of aliphatic hydroxyl groups is 1. The number of rotatable bonds is 2. The molecule has 3 heterocycles. The fourth-order valence-electron chi connectivity index (χ4n) is 4.02. The predicted molar refractivity (Wildman–Crippen MR) is 86.8 cm³/mol. The third-order valence-electron chi connectivity index (χ3n) is 5.22. The molecule has 5 nitrogen and oxygen atoms in total. The Bertz CT molecular complexity index is 776. The quantitative estimate of drug-likeness (QED) is 0.631. The van der Waals surface area contributed by atoms with E-state index in [-0.39, 0.29) is 18.4 Å². The van der Waals surface area contributed by atoms with Crippen LogP contribution in [0.4, 0.5) is 5.69 Å². The minimum absolute atomic E-state index is 0.266. The van der Waals surface area contributed by atoms with Crippen LogP contribution in [0.3, 0.4) is 0 Å². The minimum Gasteiger partial charge on any atom is -0.393 e. The van der Waals surface area contributed by atoms with Gasteiger partial charge in [0.05, 0.1) is 29.7 Å². The molecule has 0 saturated carbocycles. The van der Waals surface area contributed by atoms with Crippen molar-refractivity contribution < 1.29 is 19.4 Å². The number of hydrogen-bond donors (Lipinski definition) is 1. The predicted octanol–water partition coefficient (Wildman–Crippen LogP) is 1.95. The molecule has 3 aliphatic heterocycles. The van der Waals surface area contributed by atoms with Gasteiger partial charge in [-0.3, -0.25) is 9.59 Å². The lowest BCUT2D eigenvalue weighted by atomic mass is 9.73. The lowest BCUT2D eigenvalue weighted by molar-refractivity contribution is -0.131. The van der Waals surface area contributed by atoms with Gasteiger partial charge in [0, 0.05) is 4.47 Å². The summed E-state index contributed by atoms with van der Waals surface area (Å²) in [7, 11) is 0. The maximum atomic E-state index is 13.0. The Morgan fingerprint density at radius 3 is 2.61 bits per heavy atom. The molecular weight excluding hydrogens is 362 g/mol. The van der Waals surface area contributed by atoms with Gasteiger partial charge in [-0.1, -0.05) is 34.1 Å². The molecule has 0 spiro atoms. The highest BCUT2D eigenvalue weighted by Gasteiger charge is 2.72. The van der Waals surface area contributed by atoms with Crippen molar-refractivity contribution in [3.05, 3.63) is 40.4 Å². The molecule has 0 aromatic heterocycles. The molecule has 6 heteroatoms. The van der Waals surface area contributed by atoms with Gasteiger partial charge in [0.25, 0.3) is 0 Å². The minimum atomic E-state index is -1.08. The van der Waals surface area contributed by atoms with Crippen LogP contribution in [0.15, 0.2) is 34.8 Å². The van der Waals surface area contributed by atoms with Crippen molar-refractivity contribution in [2.75, 3.05) is 11.5 Å². The van der Waals surface area contributed by atoms with Gasteiger partial charge in [-0.2, -0.15) is 0 Å². The Morgan fingerprint density at radius 1 is 1.26 bits per heavy atom. The van der Waals surface area contributed by atoms with Crippen LogP contribution in [0.1, 0.15) is 12.5 Å². The zero-order valence-corrected chi connectivity index (χ0v) is 14.3. The first-order valence-electron chi connectivity index (χ1n) is 7.48. The number of ether oxygens (including phenoxy) is 1. The first kappa shape index (κ1) is 15.1. The first-order chi connectivity index (χ1) is 10.8. The summed E-state index contributed by atoms with van der Waals surface area (Å²) in [6.07, 6.45) is 3.53. The summed E-state index contributed by atoms with van der Waals surface area (Å²) in [6.45, 7) is 3.42. The van der Waals surface area contributed by atoms with Crippen LogP contribution in [0.5, 0.6) is 0 Å². The van der Waals surface area contributed by atoms with Crippen molar-refractivity contribution in [3.63, 3.8) is 0 Å². The van der Waals surface area contributed by atoms with Crippen LogP contribution in [-0.2, 0) is 14.3 Å². The summed E-state index contributed by atoms with van der Waals surface area (Å²) in [6, 6.07) is 5.40. The number of aliphatic hydroxyl groups excluding tert-OH is 1. The number of amides is 2. The molecule has 4 atom stereocenters. The van der Waals surface area contributed by atoms with Crippen molar-refractivity contribution in [2.45, 2.75) is 25.0 Å². The number of aryl methyl sites for hydroxylation is 1. The summed E-state index contributed by atoms with van der Waals surface area (Å²) in [5.74, 6) is -1.84. The van der Waals surface area contributed by atoms with Gasteiger partial charge in [0.15, 0.2) is 0 Å². The van der Waals surface area contributed by atoms with Crippen LogP contribution in [0.2, 0.25) is 0 Å². The third-order valence-corrected chi connectivity index (χ3v) is 6.07. The molecule has 0 unspecified atom stereocenters. The number of nitrogens with zero attached hydrogens (tertiary/aromatic N) is 1. The molecule has 0 radical (unpaired) electrons. The van der Waals surface area contributed by atoms with E-state index in [1.165, 1.54) is 4.90 Å². The van der Waals surface area contributed by atoms with Gasteiger partial charge in [0.1, 0.15) is 5.60 Å². The van der Waals surface area contributed by atoms with E-state index in [1.807, 2.05) is 13.0 Å². The smallest absolute Gasteiger partial charge is 0.241 e. The molecule has 2 bridgehead atoms. The number of fused-ring (bicyclic) bond motifs is 5. The molecule has 1 N–H and O–H groups in total. The van der Waals surface area contributed by atoms with E-state index in [2.05, 4.69) is 15.9 Å². The maximum Gasteiger partial charge on any atom is 0.241 e. The number of hydrogen-bond acceptors (Lipinski definition) is 4. The van der Waals surface area contributed by atoms with Crippen molar-refractivity contribution in [3.8, 4) is 0 Å². The van der Waals surface area contributed by atoms with Crippen LogP contribution in [0, 0.1) is 18.8 Å². The highest BCUT2D eigenvalue weighted by Crippen LogP contribution is 2.57. The SMILES string of the molecule is Cc1ccc(N2C(=O)[C@@H]3[C@H](C2=O)[C@]2(CO)C=C[C@]3(C)O2)cc1Br. The van der Waals surface area contributed by atoms with E-state index < -0.39 is 23.0 Å². The van der Waals surface area contributed by atoms with E-state index >= 15 is 0 Å². The lowest BCUT2D eigenvalue weighted by Gasteiger charge is -2.27. The molecule has 1 aromatic carbocycles. The van der Waals surface area contributed by atoms with Crippen molar-refractivity contribution in [1.82, 2.24) is 0 Å². The standard InChI is InChI=1S/C17H16BrNO4/c1-9-3-4-10(7-11(9)18)19-14(21)12-13(15(19)22)17(8-20)6-5-16(12,2)23-17/h3-7,12-13,20H,8H2,1-2H3/t12-,13+,16-,17+/m0/s1. The second-order valence-corrected chi connectivity index (χ2v) is 7.49. The number of carbonyl (C=O) groups excluding carboxylic acids is 2. The molecule has 23 heavy (non-hydrogen) atoms. The molecule has 3 aliphatic rings. The molecule has 4 rings (SSSR count). The normalized spacial score (nSPS) is 37.8. The highest BCUT2D eigenvalue weighted by atomic mass is 79.9. The van der Waals surface area contributed by atoms with Gasteiger partial charge in [-0.15, -0.1) is 0 Å². The number of imide groups is 1. The molecule has 0 aliphatic carbocycles.